The molecule has 2 N–H and O–H groups in total. The molecule has 2 heteroatoms. The largest absolute Gasteiger partial charge is 0.392 e. The fourth-order valence-electron chi connectivity index (χ4n) is 3.61. The Morgan fingerprint density at radius 1 is 1.20 bits per heavy atom. The van der Waals surface area contributed by atoms with Gasteiger partial charge in [-0.1, -0.05) is 12.2 Å². The molecule has 0 saturated heterocycles. The first-order valence-corrected chi connectivity index (χ1v) is 6.42. The molecular weight excluding hydrogens is 186 g/mol. The predicted molar refractivity (Wildman–Crippen MR) is 60.5 cm³/mol. The standard InChI is InChI=1S/C13H21NO/c15-13-3-1-2-12(13)14-8-11-7-9-4-5-10(11)6-9/h4-5,9-15H,1-3,6-8H2. The van der Waals surface area contributed by atoms with E-state index < -0.39 is 0 Å². The molecule has 0 heterocycles. The zero-order valence-corrected chi connectivity index (χ0v) is 9.23. The van der Waals surface area contributed by atoms with E-state index in [2.05, 4.69) is 17.5 Å². The van der Waals surface area contributed by atoms with Crippen LogP contribution in [-0.4, -0.2) is 23.8 Å². The second-order valence-corrected chi connectivity index (χ2v) is 5.55. The predicted octanol–water partition coefficient (Wildman–Crippen LogP) is 1.70. The Bertz CT molecular complexity index is 263. The summed E-state index contributed by atoms with van der Waals surface area (Å²) in [6.45, 7) is 1.12. The molecule has 0 aromatic rings. The van der Waals surface area contributed by atoms with Crippen LogP contribution in [-0.2, 0) is 0 Å². The fraction of sp³-hybridized carbons (Fsp3) is 0.846. The van der Waals surface area contributed by atoms with Gasteiger partial charge in [0.05, 0.1) is 6.10 Å². The Morgan fingerprint density at radius 3 is 2.73 bits per heavy atom. The topological polar surface area (TPSA) is 32.3 Å². The average Bonchev–Trinajstić information content (AvgIpc) is 2.90. The van der Waals surface area contributed by atoms with Gasteiger partial charge in [0.2, 0.25) is 0 Å². The van der Waals surface area contributed by atoms with Gasteiger partial charge in [0.1, 0.15) is 0 Å². The number of nitrogens with one attached hydrogen (secondary N) is 1. The van der Waals surface area contributed by atoms with Crippen molar-refractivity contribution in [1.82, 2.24) is 5.32 Å². The zero-order valence-electron chi connectivity index (χ0n) is 9.23. The maximum absolute atomic E-state index is 9.72. The minimum atomic E-state index is -0.0841. The molecule has 2 nitrogen and oxygen atoms in total. The highest BCUT2D eigenvalue weighted by atomic mass is 16.3. The quantitative estimate of drug-likeness (QED) is 0.690. The molecule has 3 aliphatic rings. The number of hydrogen-bond donors (Lipinski definition) is 2. The van der Waals surface area contributed by atoms with E-state index in [1.165, 1.54) is 19.3 Å². The molecule has 0 aliphatic heterocycles. The summed E-state index contributed by atoms with van der Waals surface area (Å²) in [7, 11) is 0. The van der Waals surface area contributed by atoms with Gasteiger partial charge < -0.3 is 10.4 Å². The van der Waals surface area contributed by atoms with Crippen LogP contribution in [0.5, 0.6) is 0 Å². The first kappa shape index (κ1) is 9.86. The van der Waals surface area contributed by atoms with Gasteiger partial charge >= 0.3 is 0 Å². The van der Waals surface area contributed by atoms with E-state index in [1.54, 1.807) is 0 Å². The molecule has 3 aliphatic carbocycles. The van der Waals surface area contributed by atoms with Crippen molar-refractivity contribution >= 4 is 0 Å². The van der Waals surface area contributed by atoms with Crippen LogP contribution in [0.2, 0.25) is 0 Å². The summed E-state index contributed by atoms with van der Waals surface area (Å²) in [4.78, 5) is 0. The van der Waals surface area contributed by atoms with Crippen LogP contribution < -0.4 is 5.32 Å². The Kier molecular flexibility index (Phi) is 2.57. The number of aliphatic hydroxyl groups is 1. The van der Waals surface area contributed by atoms with Crippen molar-refractivity contribution in [2.75, 3.05) is 6.54 Å². The number of aliphatic hydroxyl groups excluding tert-OH is 1. The molecule has 2 saturated carbocycles. The van der Waals surface area contributed by atoms with Gasteiger partial charge in [0.25, 0.3) is 0 Å². The third kappa shape index (κ3) is 1.85. The molecule has 0 aromatic carbocycles. The molecule has 0 spiro atoms. The highest BCUT2D eigenvalue weighted by molar-refractivity contribution is 5.10. The summed E-state index contributed by atoms with van der Waals surface area (Å²) in [5.41, 5.74) is 0. The van der Waals surface area contributed by atoms with E-state index in [9.17, 15) is 5.11 Å². The van der Waals surface area contributed by atoms with Crippen LogP contribution in [0.3, 0.4) is 0 Å². The Hall–Kier alpha value is -0.340. The van der Waals surface area contributed by atoms with Crippen LogP contribution in [0.1, 0.15) is 32.1 Å². The van der Waals surface area contributed by atoms with Crippen molar-refractivity contribution in [3.63, 3.8) is 0 Å². The van der Waals surface area contributed by atoms with Gasteiger partial charge in [-0.2, -0.15) is 0 Å². The van der Waals surface area contributed by atoms with Crippen LogP contribution in [0, 0.1) is 17.8 Å². The van der Waals surface area contributed by atoms with E-state index in [1.807, 2.05) is 0 Å². The Labute approximate surface area is 91.8 Å². The molecular formula is C13H21NO. The van der Waals surface area contributed by atoms with E-state index in [0.717, 1.165) is 37.1 Å². The number of allylic oxidation sites excluding steroid dienone is 2. The van der Waals surface area contributed by atoms with Gasteiger partial charge in [-0.3, -0.25) is 0 Å². The second kappa shape index (κ2) is 3.91. The molecule has 15 heavy (non-hydrogen) atoms. The van der Waals surface area contributed by atoms with Gasteiger partial charge in [0, 0.05) is 6.04 Å². The molecule has 0 radical (unpaired) electrons. The summed E-state index contributed by atoms with van der Waals surface area (Å²) in [6.07, 6.45) is 10.8. The van der Waals surface area contributed by atoms with Gasteiger partial charge in [-0.15, -0.1) is 0 Å². The van der Waals surface area contributed by atoms with E-state index in [0.29, 0.717) is 6.04 Å². The summed E-state index contributed by atoms with van der Waals surface area (Å²) >= 11 is 0. The van der Waals surface area contributed by atoms with Crippen molar-refractivity contribution in [1.29, 1.82) is 0 Å². The van der Waals surface area contributed by atoms with Crippen LogP contribution in [0.15, 0.2) is 12.2 Å². The molecule has 0 aromatic heterocycles. The molecule has 2 fully saturated rings. The maximum Gasteiger partial charge on any atom is 0.0693 e. The van der Waals surface area contributed by atoms with Crippen LogP contribution >= 0.6 is 0 Å². The van der Waals surface area contributed by atoms with Gasteiger partial charge in [-0.25, -0.2) is 0 Å². The first-order valence-electron chi connectivity index (χ1n) is 6.42. The highest BCUT2D eigenvalue weighted by Crippen LogP contribution is 2.43. The van der Waals surface area contributed by atoms with Crippen molar-refractivity contribution in [3.8, 4) is 0 Å². The molecule has 2 bridgehead atoms. The number of fused-ring (bicyclic) bond motifs is 2. The fourth-order valence-corrected chi connectivity index (χ4v) is 3.61. The zero-order chi connectivity index (χ0) is 10.3. The average molecular weight is 207 g/mol. The maximum atomic E-state index is 9.72. The van der Waals surface area contributed by atoms with Crippen LogP contribution in [0.4, 0.5) is 0 Å². The third-order valence-corrected chi connectivity index (χ3v) is 4.54. The molecule has 0 amide bonds. The van der Waals surface area contributed by atoms with Gasteiger partial charge in [-0.05, 0) is 56.4 Å². The summed E-state index contributed by atoms with van der Waals surface area (Å²) < 4.78 is 0. The molecule has 3 rings (SSSR count). The Balaban J connectivity index is 1.48. The number of hydrogen-bond acceptors (Lipinski definition) is 2. The van der Waals surface area contributed by atoms with E-state index >= 15 is 0 Å². The summed E-state index contributed by atoms with van der Waals surface area (Å²) in [5.74, 6) is 2.55. The molecule has 5 atom stereocenters. The van der Waals surface area contributed by atoms with Crippen molar-refractivity contribution < 1.29 is 5.11 Å². The van der Waals surface area contributed by atoms with Crippen LogP contribution in [0.25, 0.3) is 0 Å². The van der Waals surface area contributed by atoms with Crippen molar-refractivity contribution in [2.24, 2.45) is 17.8 Å². The first-order chi connectivity index (χ1) is 7.33. The minimum Gasteiger partial charge on any atom is -0.392 e. The molecule has 84 valence electrons. The SMILES string of the molecule is OC1CCCC1NCC1CC2C=CC1C2. The van der Waals surface area contributed by atoms with E-state index in [-0.39, 0.29) is 6.10 Å². The van der Waals surface area contributed by atoms with Gasteiger partial charge in [0.15, 0.2) is 0 Å². The minimum absolute atomic E-state index is 0.0841. The van der Waals surface area contributed by atoms with E-state index in [4.69, 9.17) is 0 Å². The lowest BCUT2D eigenvalue weighted by Crippen LogP contribution is -2.39. The normalized spacial score (nSPS) is 47.9. The smallest absolute Gasteiger partial charge is 0.0693 e. The lowest BCUT2D eigenvalue weighted by Gasteiger charge is -2.23. The summed E-state index contributed by atoms with van der Waals surface area (Å²) in [6, 6.07) is 0.383. The second-order valence-electron chi connectivity index (χ2n) is 5.55. The highest BCUT2D eigenvalue weighted by Gasteiger charge is 2.36. The van der Waals surface area contributed by atoms with Crippen molar-refractivity contribution in [3.05, 3.63) is 12.2 Å². The third-order valence-electron chi connectivity index (χ3n) is 4.54. The lowest BCUT2D eigenvalue weighted by molar-refractivity contribution is 0.145. The molecule has 5 unspecified atom stereocenters. The Morgan fingerprint density at radius 2 is 2.13 bits per heavy atom. The number of rotatable bonds is 3. The van der Waals surface area contributed by atoms with Crippen molar-refractivity contribution in [2.45, 2.75) is 44.2 Å². The lowest BCUT2D eigenvalue weighted by atomic mass is 9.93. The summed E-state index contributed by atoms with van der Waals surface area (Å²) in [5, 5.41) is 13.3. The monoisotopic (exact) mass is 207 g/mol.